The quantitative estimate of drug-likeness (QED) is 0.616. The summed E-state index contributed by atoms with van der Waals surface area (Å²) >= 11 is 0. The first-order valence-corrected chi connectivity index (χ1v) is 11.6. The first kappa shape index (κ1) is 24.7. The van der Waals surface area contributed by atoms with Gasteiger partial charge in [-0.05, 0) is 42.8 Å². The molecule has 0 aliphatic carbocycles. The minimum Gasteiger partial charge on any atom is -0.493 e. The van der Waals surface area contributed by atoms with Gasteiger partial charge < -0.3 is 24.3 Å². The average Bonchev–Trinajstić information content (AvgIpc) is 2.83. The van der Waals surface area contributed by atoms with E-state index in [2.05, 4.69) is 5.32 Å². The van der Waals surface area contributed by atoms with Crippen LogP contribution in [0.4, 0.5) is 4.39 Å². The molecule has 2 aromatic rings. The van der Waals surface area contributed by atoms with Crippen molar-refractivity contribution in [3.63, 3.8) is 0 Å². The third-order valence-electron chi connectivity index (χ3n) is 5.32. The van der Waals surface area contributed by atoms with E-state index in [1.807, 2.05) is 0 Å². The van der Waals surface area contributed by atoms with Crippen LogP contribution in [0.5, 0.6) is 17.2 Å². The van der Waals surface area contributed by atoms with Crippen LogP contribution in [0.3, 0.4) is 0 Å². The average molecular weight is 483 g/mol. The van der Waals surface area contributed by atoms with Gasteiger partial charge in [-0.3, -0.25) is 4.79 Å². The second kappa shape index (κ2) is 10.4. The van der Waals surface area contributed by atoms with Crippen molar-refractivity contribution >= 4 is 15.9 Å². The van der Waals surface area contributed by atoms with E-state index in [0.29, 0.717) is 22.8 Å². The predicted octanol–water partition coefficient (Wildman–Crippen LogP) is 2.36. The van der Waals surface area contributed by atoms with E-state index in [4.69, 9.17) is 18.9 Å². The van der Waals surface area contributed by atoms with Gasteiger partial charge >= 0.3 is 0 Å². The second-order valence-corrected chi connectivity index (χ2v) is 9.25. The van der Waals surface area contributed by atoms with Crippen molar-refractivity contribution in [3.05, 3.63) is 47.3 Å². The number of methoxy groups -OCH3 is 3. The summed E-state index contributed by atoms with van der Waals surface area (Å²) in [4.78, 5) is 12.7. The molecule has 0 aromatic heterocycles. The van der Waals surface area contributed by atoms with Crippen molar-refractivity contribution in [2.75, 3.05) is 47.6 Å². The van der Waals surface area contributed by atoms with Crippen LogP contribution in [-0.4, -0.2) is 66.3 Å². The third kappa shape index (κ3) is 5.21. The number of halogens is 1. The fourth-order valence-corrected chi connectivity index (χ4v) is 4.92. The summed E-state index contributed by atoms with van der Waals surface area (Å²) in [6.45, 7) is 2.64. The molecule has 1 unspecified atom stereocenters. The minimum absolute atomic E-state index is 0.156. The van der Waals surface area contributed by atoms with E-state index < -0.39 is 27.8 Å². The highest BCUT2D eigenvalue weighted by atomic mass is 32.2. The maximum atomic E-state index is 14.5. The SMILES string of the molecule is COc1cc(C(C)NC(=O)c2cc(S(=O)(=O)N3CCOCC3)ccc2F)cc(OC)c1OC. The smallest absolute Gasteiger partial charge is 0.254 e. The fourth-order valence-electron chi connectivity index (χ4n) is 3.48. The first-order valence-electron chi connectivity index (χ1n) is 10.2. The molecule has 0 radical (unpaired) electrons. The van der Waals surface area contributed by atoms with Gasteiger partial charge in [-0.25, -0.2) is 12.8 Å². The van der Waals surface area contributed by atoms with Gasteiger partial charge in [-0.15, -0.1) is 0 Å². The molecule has 1 fully saturated rings. The summed E-state index contributed by atoms with van der Waals surface area (Å²) < 4.78 is 62.7. The molecular formula is C22H27FN2O7S. The monoisotopic (exact) mass is 482 g/mol. The zero-order chi connectivity index (χ0) is 24.2. The van der Waals surface area contributed by atoms with E-state index >= 15 is 0 Å². The molecule has 1 aliphatic heterocycles. The molecule has 9 nitrogen and oxygen atoms in total. The molecule has 1 saturated heterocycles. The summed E-state index contributed by atoms with van der Waals surface area (Å²) in [5.41, 5.74) is 0.249. The molecule has 0 spiro atoms. The Labute approximate surface area is 192 Å². The van der Waals surface area contributed by atoms with Gasteiger partial charge in [-0.1, -0.05) is 0 Å². The maximum absolute atomic E-state index is 14.5. The van der Waals surface area contributed by atoms with Crippen molar-refractivity contribution in [1.82, 2.24) is 9.62 Å². The molecular weight excluding hydrogens is 455 g/mol. The Bertz CT molecular complexity index is 1090. The molecule has 1 aliphatic rings. The lowest BCUT2D eigenvalue weighted by Gasteiger charge is -2.26. The lowest BCUT2D eigenvalue weighted by atomic mass is 10.1. The number of nitrogens with zero attached hydrogens (tertiary/aromatic N) is 1. The van der Waals surface area contributed by atoms with Crippen LogP contribution in [0, 0.1) is 5.82 Å². The van der Waals surface area contributed by atoms with E-state index in [-0.39, 0.29) is 36.8 Å². The number of ether oxygens (including phenoxy) is 4. The Kier molecular flexibility index (Phi) is 7.77. The third-order valence-corrected chi connectivity index (χ3v) is 7.22. The Morgan fingerprint density at radius 1 is 1.06 bits per heavy atom. The van der Waals surface area contributed by atoms with Crippen LogP contribution in [0.1, 0.15) is 28.9 Å². The number of amides is 1. The van der Waals surface area contributed by atoms with Gasteiger partial charge in [-0.2, -0.15) is 4.31 Å². The van der Waals surface area contributed by atoms with Gasteiger partial charge in [0.2, 0.25) is 15.8 Å². The van der Waals surface area contributed by atoms with Crippen molar-refractivity contribution in [2.24, 2.45) is 0 Å². The highest BCUT2D eigenvalue weighted by Gasteiger charge is 2.28. The molecule has 2 aromatic carbocycles. The number of carbonyl (C=O) groups is 1. The first-order chi connectivity index (χ1) is 15.7. The van der Waals surface area contributed by atoms with Crippen molar-refractivity contribution in [1.29, 1.82) is 0 Å². The Hall–Kier alpha value is -2.89. The summed E-state index contributed by atoms with van der Waals surface area (Å²) in [6.07, 6.45) is 0. The minimum atomic E-state index is -3.88. The number of sulfonamides is 1. The van der Waals surface area contributed by atoms with Crippen molar-refractivity contribution in [2.45, 2.75) is 17.9 Å². The molecule has 3 rings (SSSR count). The van der Waals surface area contributed by atoms with Crippen LogP contribution in [0.25, 0.3) is 0 Å². The zero-order valence-corrected chi connectivity index (χ0v) is 19.7. The highest BCUT2D eigenvalue weighted by molar-refractivity contribution is 7.89. The number of hydrogen-bond acceptors (Lipinski definition) is 7. The summed E-state index contributed by atoms with van der Waals surface area (Å²) in [7, 11) is 0.541. The van der Waals surface area contributed by atoms with E-state index in [9.17, 15) is 17.6 Å². The molecule has 1 heterocycles. The van der Waals surface area contributed by atoms with Gasteiger partial charge in [0.1, 0.15) is 5.82 Å². The van der Waals surface area contributed by atoms with E-state index in [1.54, 1.807) is 19.1 Å². The molecule has 0 saturated carbocycles. The predicted molar refractivity (Wildman–Crippen MR) is 118 cm³/mol. The summed E-state index contributed by atoms with van der Waals surface area (Å²) in [5, 5.41) is 2.69. The molecule has 33 heavy (non-hydrogen) atoms. The highest BCUT2D eigenvalue weighted by Crippen LogP contribution is 2.39. The molecule has 180 valence electrons. The largest absolute Gasteiger partial charge is 0.493 e. The molecule has 1 amide bonds. The Balaban J connectivity index is 1.86. The fraction of sp³-hybridized carbons (Fsp3) is 0.409. The number of morpholine rings is 1. The Morgan fingerprint density at radius 3 is 2.21 bits per heavy atom. The van der Waals surface area contributed by atoms with Crippen LogP contribution >= 0.6 is 0 Å². The number of nitrogens with one attached hydrogen (secondary N) is 1. The van der Waals surface area contributed by atoms with E-state index in [0.717, 1.165) is 18.2 Å². The van der Waals surface area contributed by atoms with Gasteiger partial charge in [0.05, 0.1) is 51.0 Å². The summed E-state index contributed by atoms with van der Waals surface area (Å²) in [5.74, 6) is -0.386. The molecule has 1 atom stereocenters. The van der Waals surface area contributed by atoms with Crippen LogP contribution in [0.2, 0.25) is 0 Å². The van der Waals surface area contributed by atoms with Crippen LogP contribution in [-0.2, 0) is 14.8 Å². The van der Waals surface area contributed by atoms with Gasteiger partial charge in [0.25, 0.3) is 5.91 Å². The molecule has 0 bridgehead atoms. The lowest BCUT2D eigenvalue weighted by molar-refractivity contribution is 0.0730. The number of hydrogen-bond donors (Lipinski definition) is 1. The van der Waals surface area contributed by atoms with Gasteiger partial charge in [0.15, 0.2) is 11.5 Å². The Morgan fingerprint density at radius 2 is 1.67 bits per heavy atom. The van der Waals surface area contributed by atoms with E-state index in [1.165, 1.54) is 25.6 Å². The number of carbonyl (C=O) groups excluding carboxylic acids is 1. The van der Waals surface area contributed by atoms with Crippen LogP contribution < -0.4 is 19.5 Å². The topological polar surface area (TPSA) is 103 Å². The van der Waals surface area contributed by atoms with Crippen molar-refractivity contribution < 1.29 is 36.6 Å². The second-order valence-electron chi connectivity index (χ2n) is 7.31. The zero-order valence-electron chi connectivity index (χ0n) is 18.9. The normalized spacial score (nSPS) is 15.5. The van der Waals surface area contributed by atoms with Crippen molar-refractivity contribution in [3.8, 4) is 17.2 Å². The molecule has 11 heteroatoms. The maximum Gasteiger partial charge on any atom is 0.254 e. The lowest BCUT2D eigenvalue weighted by Crippen LogP contribution is -2.40. The van der Waals surface area contributed by atoms with Gasteiger partial charge in [0, 0.05) is 13.1 Å². The molecule has 1 N–H and O–H groups in total. The standard InChI is InChI=1S/C22H27FN2O7S/c1-14(15-11-19(29-2)21(31-4)20(12-15)30-3)24-22(26)17-13-16(5-6-18(17)23)33(27,28)25-7-9-32-10-8-25/h5-6,11-14H,7-10H2,1-4H3,(H,24,26). The van der Waals surface area contributed by atoms with Crippen LogP contribution in [0.15, 0.2) is 35.2 Å². The number of rotatable bonds is 8. The number of benzene rings is 2. The summed E-state index contributed by atoms with van der Waals surface area (Å²) in [6, 6.07) is 5.94.